The van der Waals surface area contributed by atoms with Crippen molar-refractivity contribution >= 4 is 16.9 Å². The first-order valence-corrected chi connectivity index (χ1v) is 10.8. The van der Waals surface area contributed by atoms with Gasteiger partial charge in [0.2, 0.25) is 5.91 Å². The molecule has 0 radical (unpaired) electrons. The molecule has 2 heterocycles. The van der Waals surface area contributed by atoms with E-state index in [0.717, 1.165) is 54.2 Å². The number of hydrogen-bond acceptors (Lipinski definition) is 5. The first-order chi connectivity index (χ1) is 15.2. The molecule has 31 heavy (non-hydrogen) atoms. The van der Waals surface area contributed by atoms with Crippen molar-refractivity contribution in [3.05, 3.63) is 54.4 Å². The van der Waals surface area contributed by atoms with E-state index in [4.69, 9.17) is 19.2 Å². The van der Waals surface area contributed by atoms with Crippen LogP contribution in [0.3, 0.4) is 0 Å². The molecule has 1 saturated heterocycles. The number of aryl methyl sites for hydroxylation is 1. The number of fused-ring (bicyclic) bond motifs is 1. The summed E-state index contributed by atoms with van der Waals surface area (Å²) >= 11 is 0. The molecule has 1 aromatic heterocycles. The number of para-hydroxylation sites is 2. The van der Waals surface area contributed by atoms with Crippen LogP contribution in [0.25, 0.3) is 11.0 Å². The maximum absolute atomic E-state index is 12.5. The molecule has 1 fully saturated rings. The molecule has 1 amide bonds. The van der Waals surface area contributed by atoms with Gasteiger partial charge in [-0.15, -0.1) is 0 Å². The summed E-state index contributed by atoms with van der Waals surface area (Å²) in [4.78, 5) is 17.3. The summed E-state index contributed by atoms with van der Waals surface area (Å²) in [6.45, 7) is 3.94. The zero-order chi connectivity index (χ0) is 21.6. The predicted molar refractivity (Wildman–Crippen MR) is 118 cm³/mol. The highest BCUT2D eigenvalue weighted by Gasteiger charge is 2.26. The molecule has 0 spiro atoms. The van der Waals surface area contributed by atoms with Crippen molar-refractivity contribution in [2.75, 3.05) is 20.3 Å². The van der Waals surface area contributed by atoms with Crippen LogP contribution in [0.1, 0.15) is 38.1 Å². The van der Waals surface area contributed by atoms with E-state index in [1.54, 1.807) is 7.11 Å². The van der Waals surface area contributed by atoms with Crippen molar-refractivity contribution in [1.29, 1.82) is 0 Å². The fourth-order valence-electron chi connectivity index (χ4n) is 3.90. The van der Waals surface area contributed by atoms with Gasteiger partial charge in [0.1, 0.15) is 23.4 Å². The molecule has 3 aromatic rings. The van der Waals surface area contributed by atoms with E-state index in [9.17, 15) is 4.79 Å². The first kappa shape index (κ1) is 21.2. The fraction of sp³-hybridized carbons (Fsp3) is 0.417. The minimum atomic E-state index is -0.349. The van der Waals surface area contributed by atoms with Gasteiger partial charge in [0.05, 0.1) is 30.8 Å². The van der Waals surface area contributed by atoms with E-state index in [1.807, 2.05) is 49.4 Å². The number of methoxy groups -OCH3 is 1. The zero-order valence-electron chi connectivity index (χ0n) is 18.0. The highest BCUT2D eigenvalue weighted by Crippen LogP contribution is 2.23. The standard InChI is InChI=1S/C24H29N3O4/c1-17(25-24(28)22-9-5-15-31-22)23-26-20-7-3-4-8-21(20)27(23)14-6-16-30-19-12-10-18(29-2)11-13-19/h3-4,7-8,10-13,17,22H,5-6,9,14-16H2,1-2H3,(H,25,28). The highest BCUT2D eigenvalue weighted by atomic mass is 16.5. The van der Waals surface area contributed by atoms with E-state index >= 15 is 0 Å². The van der Waals surface area contributed by atoms with Gasteiger partial charge in [-0.05, 0) is 62.6 Å². The van der Waals surface area contributed by atoms with Gasteiger partial charge in [-0.3, -0.25) is 4.79 Å². The largest absolute Gasteiger partial charge is 0.497 e. The molecule has 2 unspecified atom stereocenters. The number of rotatable bonds is 9. The van der Waals surface area contributed by atoms with Crippen molar-refractivity contribution in [2.45, 2.75) is 44.9 Å². The highest BCUT2D eigenvalue weighted by molar-refractivity contribution is 5.81. The second-order valence-electron chi connectivity index (χ2n) is 7.72. The van der Waals surface area contributed by atoms with Gasteiger partial charge in [-0.1, -0.05) is 12.1 Å². The first-order valence-electron chi connectivity index (χ1n) is 10.8. The summed E-state index contributed by atoms with van der Waals surface area (Å²) in [7, 11) is 1.65. The summed E-state index contributed by atoms with van der Waals surface area (Å²) in [6.07, 6.45) is 2.17. The molecule has 2 aromatic carbocycles. The fourth-order valence-corrected chi connectivity index (χ4v) is 3.90. The molecule has 0 bridgehead atoms. The Bertz CT molecular complexity index is 1010. The minimum absolute atomic E-state index is 0.0635. The normalized spacial score (nSPS) is 16.9. The Morgan fingerprint density at radius 3 is 2.74 bits per heavy atom. The van der Waals surface area contributed by atoms with E-state index in [2.05, 4.69) is 16.0 Å². The summed E-state index contributed by atoms with van der Waals surface area (Å²) in [5.41, 5.74) is 1.98. The van der Waals surface area contributed by atoms with E-state index in [0.29, 0.717) is 13.2 Å². The maximum atomic E-state index is 12.5. The van der Waals surface area contributed by atoms with Crippen molar-refractivity contribution in [3.63, 3.8) is 0 Å². The maximum Gasteiger partial charge on any atom is 0.249 e. The number of ether oxygens (including phenoxy) is 3. The van der Waals surface area contributed by atoms with Crippen molar-refractivity contribution < 1.29 is 19.0 Å². The lowest BCUT2D eigenvalue weighted by Gasteiger charge is -2.18. The molecule has 1 aliphatic heterocycles. The topological polar surface area (TPSA) is 74.6 Å². The van der Waals surface area contributed by atoms with Gasteiger partial charge >= 0.3 is 0 Å². The number of carbonyl (C=O) groups is 1. The Labute approximate surface area is 182 Å². The number of hydrogen-bond donors (Lipinski definition) is 1. The van der Waals surface area contributed by atoms with Gasteiger partial charge in [0.15, 0.2) is 0 Å². The van der Waals surface area contributed by atoms with Crippen molar-refractivity contribution in [3.8, 4) is 11.5 Å². The van der Waals surface area contributed by atoms with Crippen LogP contribution >= 0.6 is 0 Å². The summed E-state index contributed by atoms with van der Waals surface area (Å²) in [5, 5.41) is 3.08. The third-order valence-corrected chi connectivity index (χ3v) is 5.51. The SMILES string of the molecule is COc1ccc(OCCCn2c(C(C)NC(=O)C3CCCO3)nc3ccccc32)cc1. The summed E-state index contributed by atoms with van der Waals surface area (Å²) < 4.78 is 18.7. The quantitative estimate of drug-likeness (QED) is 0.529. The van der Waals surface area contributed by atoms with Gasteiger partial charge in [-0.2, -0.15) is 0 Å². The molecule has 1 N–H and O–H groups in total. The van der Waals surface area contributed by atoms with Crippen LogP contribution < -0.4 is 14.8 Å². The zero-order valence-corrected chi connectivity index (χ0v) is 18.0. The third-order valence-electron chi connectivity index (χ3n) is 5.51. The van der Waals surface area contributed by atoms with Crippen LogP contribution in [0.15, 0.2) is 48.5 Å². The van der Waals surface area contributed by atoms with Crippen molar-refractivity contribution in [2.24, 2.45) is 0 Å². The molecule has 7 nitrogen and oxygen atoms in total. The number of benzene rings is 2. The third kappa shape index (κ3) is 4.99. The number of imidazole rings is 1. The van der Waals surface area contributed by atoms with Gasteiger partial charge < -0.3 is 24.1 Å². The Kier molecular flexibility index (Phi) is 6.72. The van der Waals surface area contributed by atoms with E-state index < -0.39 is 0 Å². The van der Waals surface area contributed by atoms with E-state index in [-0.39, 0.29) is 18.1 Å². The minimum Gasteiger partial charge on any atom is -0.497 e. The summed E-state index contributed by atoms with van der Waals surface area (Å²) in [5.74, 6) is 2.40. The molecule has 1 aliphatic rings. The second-order valence-corrected chi connectivity index (χ2v) is 7.72. The number of amides is 1. The monoisotopic (exact) mass is 423 g/mol. The van der Waals surface area contributed by atoms with E-state index in [1.165, 1.54) is 0 Å². The average Bonchev–Trinajstić information content (AvgIpc) is 3.46. The van der Waals surface area contributed by atoms with Crippen LogP contribution in [0.2, 0.25) is 0 Å². The predicted octanol–water partition coefficient (Wildman–Crippen LogP) is 3.87. The van der Waals surface area contributed by atoms with Crippen LogP contribution in [0.4, 0.5) is 0 Å². The Morgan fingerprint density at radius 1 is 1.23 bits per heavy atom. The lowest BCUT2D eigenvalue weighted by molar-refractivity contribution is -0.130. The number of carbonyl (C=O) groups excluding carboxylic acids is 1. The molecule has 4 rings (SSSR count). The molecule has 2 atom stereocenters. The van der Waals surface area contributed by atoms with Crippen LogP contribution in [0, 0.1) is 0 Å². The Hall–Kier alpha value is -3.06. The van der Waals surface area contributed by atoms with Gasteiger partial charge in [-0.25, -0.2) is 4.98 Å². The second kappa shape index (κ2) is 9.83. The average molecular weight is 424 g/mol. The van der Waals surface area contributed by atoms with Crippen molar-refractivity contribution in [1.82, 2.24) is 14.9 Å². The molecule has 0 saturated carbocycles. The van der Waals surface area contributed by atoms with Gasteiger partial charge in [0, 0.05) is 13.2 Å². The molecular formula is C24H29N3O4. The molecular weight excluding hydrogens is 394 g/mol. The number of aromatic nitrogens is 2. The van der Waals surface area contributed by atoms with Crippen LogP contribution in [-0.2, 0) is 16.1 Å². The molecule has 0 aliphatic carbocycles. The lowest BCUT2D eigenvalue weighted by Crippen LogP contribution is -2.36. The number of nitrogens with one attached hydrogen (secondary N) is 1. The Morgan fingerprint density at radius 2 is 2.00 bits per heavy atom. The lowest BCUT2D eigenvalue weighted by atomic mass is 10.2. The van der Waals surface area contributed by atoms with Gasteiger partial charge in [0.25, 0.3) is 0 Å². The number of nitrogens with zero attached hydrogens (tertiary/aromatic N) is 2. The molecule has 164 valence electrons. The molecule has 7 heteroatoms. The van der Waals surface area contributed by atoms with Crippen LogP contribution in [0.5, 0.6) is 11.5 Å². The van der Waals surface area contributed by atoms with Crippen LogP contribution in [-0.4, -0.2) is 41.9 Å². The summed E-state index contributed by atoms with van der Waals surface area (Å²) in [6, 6.07) is 15.4. The Balaban J connectivity index is 1.42. The smallest absolute Gasteiger partial charge is 0.249 e.